The number of nitrogens with one attached hydrogen (secondary N) is 1. The molecular weight excluding hydrogens is 619 g/mol. The minimum absolute atomic E-state index is 0.0582. The Morgan fingerprint density at radius 1 is 0.957 bits per heavy atom. The van der Waals surface area contributed by atoms with Gasteiger partial charge in [0.1, 0.15) is 30.0 Å². The van der Waals surface area contributed by atoms with Crippen LogP contribution in [0.25, 0.3) is 11.1 Å². The number of fused-ring (bicyclic) bond motifs is 1. The van der Waals surface area contributed by atoms with Gasteiger partial charge in [0.05, 0.1) is 23.8 Å². The molecule has 47 heavy (non-hydrogen) atoms. The Bertz CT molecular complexity index is 1620. The van der Waals surface area contributed by atoms with Crippen molar-refractivity contribution >= 4 is 11.6 Å². The van der Waals surface area contributed by atoms with Crippen LogP contribution in [0.2, 0.25) is 5.02 Å². The summed E-state index contributed by atoms with van der Waals surface area (Å²) in [6.07, 6.45) is 8.40. The van der Waals surface area contributed by atoms with Crippen molar-refractivity contribution in [1.82, 2.24) is 15.2 Å². The first-order valence-electron chi connectivity index (χ1n) is 15.9. The Kier molecular flexibility index (Phi) is 14.4. The van der Waals surface area contributed by atoms with Crippen LogP contribution < -0.4 is 10.1 Å². The summed E-state index contributed by atoms with van der Waals surface area (Å²) in [5.74, 6) is 0.328. The smallest absolute Gasteiger partial charge is 0.137 e. The van der Waals surface area contributed by atoms with Crippen molar-refractivity contribution < 1.29 is 24.4 Å². The first kappa shape index (κ1) is 35.8. The molecule has 0 atom stereocenters. The number of unbranched alkanes of at least 4 members (excludes halogenated alkanes) is 1. The zero-order chi connectivity index (χ0) is 33.4. The molecular formula is C37H42ClFN4O4. The molecule has 0 spiro atoms. The molecule has 1 heterocycles. The van der Waals surface area contributed by atoms with Crippen LogP contribution in [-0.2, 0) is 26.0 Å². The van der Waals surface area contributed by atoms with E-state index in [4.69, 9.17) is 31.8 Å². The number of aliphatic hydroxyl groups excluding tert-OH is 2. The molecule has 1 aromatic heterocycles. The number of rotatable bonds is 15. The molecule has 1 aliphatic carbocycles. The fourth-order valence-electron chi connectivity index (χ4n) is 5.62. The highest BCUT2D eigenvalue weighted by atomic mass is 35.5. The molecule has 4 aromatic rings. The van der Waals surface area contributed by atoms with Crippen LogP contribution in [-0.4, -0.2) is 64.6 Å². The van der Waals surface area contributed by atoms with Crippen LogP contribution in [0.5, 0.6) is 11.5 Å². The third-order valence-corrected chi connectivity index (χ3v) is 8.29. The SMILES string of the molecule is Fc1ccccc1-c1cccc2c1CCC2.N#Cc1cncc(COc2cc(O)c(Cl)cc2CNCCCCN(CCO)CCO)c1. The predicted molar refractivity (Wildman–Crippen MR) is 182 cm³/mol. The summed E-state index contributed by atoms with van der Waals surface area (Å²) in [7, 11) is 0. The number of ether oxygens (including phenoxy) is 1. The Morgan fingerprint density at radius 2 is 1.74 bits per heavy atom. The number of phenolic OH excluding ortho intramolecular Hbond substituents is 1. The maximum Gasteiger partial charge on any atom is 0.137 e. The molecule has 3 aromatic carbocycles. The maximum absolute atomic E-state index is 13.7. The summed E-state index contributed by atoms with van der Waals surface area (Å²) in [5.41, 5.74) is 6.57. The summed E-state index contributed by atoms with van der Waals surface area (Å²) in [6, 6.07) is 20.2. The van der Waals surface area contributed by atoms with E-state index in [9.17, 15) is 9.50 Å². The van der Waals surface area contributed by atoms with E-state index in [1.807, 2.05) is 35.2 Å². The van der Waals surface area contributed by atoms with Gasteiger partial charge in [-0.05, 0) is 80.1 Å². The molecule has 8 nitrogen and oxygen atoms in total. The second kappa shape index (κ2) is 18.9. The Balaban J connectivity index is 0.000000258. The largest absolute Gasteiger partial charge is 0.506 e. The van der Waals surface area contributed by atoms with Crippen molar-refractivity contribution in [3.8, 4) is 28.7 Å². The third-order valence-electron chi connectivity index (χ3n) is 7.98. The molecule has 0 unspecified atom stereocenters. The van der Waals surface area contributed by atoms with E-state index in [2.05, 4.69) is 16.4 Å². The molecule has 0 bridgehead atoms. The summed E-state index contributed by atoms with van der Waals surface area (Å²) in [4.78, 5) is 6.05. The van der Waals surface area contributed by atoms with Gasteiger partial charge in [-0.15, -0.1) is 0 Å². The number of aromatic nitrogens is 1. The maximum atomic E-state index is 13.7. The highest BCUT2D eigenvalue weighted by Crippen LogP contribution is 2.34. The van der Waals surface area contributed by atoms with Crippen LogP contribution >= 0.6 is 11.6 Å². The van der Waals surface area contributed by atoms with Gasteiger partial charge in [-0.3, -0.25) is 9.88 Å². The van der Waals surface area contributed by atoms with Crippen molar-refractivity contribution in [2.75, 3.05) is 39.4 Å². The van der Waals surface area contributed by atoms with E-state index in [0.29, 0.717) is 30.9 Å². The van der Waals surface area contributed by atoms with Crippen LogP contribution in [0.15, 0.2) is 73.1 Å². The molecule has 0 radical (unpaired) electrons. The number of aromatic hydroxyl groups is 1. The summed E-state index contributed by atoms with van der Waals surface area (Å²) in [6.45, 7) is 3.61. The predicted octanol–water partition coefficient (Wildman–Crippen LogP) is 6.03. The first-order chi connectivity index (χ1) is 22.9. The molecule has 248 valence electrons. The average Bonchev–Trinajstić information content (AvgIpc) is 3.57. The zero-order valence-electron chi connectivity index (χ0n) is 26.5. The molecule has 1 aliphatic rings. The zero-order valence-corrected chi connectivity index (χ0v) is 27.2. The monoisotopic (exact) mass is 660 g/mol. The van der Waals surface area contributed by atoms with Crippen molar-refractivity contribution in [3.63, 3.8) is 0 Å². The number of hydrogen-bond acceptors (Lipinski definition) is 8. The lowest BCUT2D eigenvalue weighted by molar-refractivity contribution is 0.159. The average molecular weight is 661 g/mol. The van der Waals surface area contributed by atoms with Gasteiger partial charge < -0.3 is 25.4 Å². The minimum Gasteiger partial charge on any atom is -0.506 e. The van der Waals surface area contributed by atoms with Crippen molar-refractivity contribution in [2.45, 2.75) is 45.3 Å². The van der Waals surface area contributed by atoms with Crippen molar-refractivity contribution in [3.05, 3.63) is 112 Å². The highest BCUT2D eigenvalue weighted by molar-refractivity contribution is 6.32. The van der Waals surface area contributed by atoms with Gasteiger partial charge in [0.25, 0.3) is 0 Å². The minimum atomic E-state index is -0.122. The molecule has 0 amide bonds. The van der Waals surface area contributed by atoms with Gasteiger partial charge in [0.15, 0.2) is 0 Å². The number of nitrogens with zero attached hydrogens (tertiary/aromatic N) is 3. The van der Waals surface area contributed by atoms with Crippen LogP contribution in [0, 0.1) is 17.1 Å². The number of nitriles is 1. The highest BCUT2D eigenvalue weighted by Gasteiger charge is 2.17. The van der Waals surface area contributed by atoms with Gasteiger partial charge in [0.2, 0.25) is 0 Å². The Hall–Kier alpha value is -4.04. The molecule has 5 rings (SSSR count). The number of benzene rings is 3. The molecule has 0 fully saturated rings. The lowest BCUT2D eigenvalue weighted by atomic mass is 9.97. The molecule has 10 heteroatoms. The summed E-state index contributed by atoms with van der Waals surface area (Å²) < 4.78 is 19.6. The van der Waals surface area contributed by atoms with Gasteiger partial charge >= 0.3 is 0 Å². The topological polar surface area (TPSA) is 122 Å². The normalized spacial score (nSPS) is 11.9. The lowest BCUT2D eigenvalue weighted by Crippen LogP contribution is -2.31. The number of hydrogen-bond donors (Lipinski definition) is 4. The number of pyridine rings is 1. The van der Waals surface area contributed by atoms with E-state index < -0.39 is 0 Å². The van der Waals surface area contributed by atoms with E-state index in [1.165, 1.54) is 35.9 Å². The van der Waals surface area contributed by atoms with Crippen LogP contribution in [0.1, 0.15) is 47.1 Å². The molecule has 0 aliphatic heterocycles. The van der Waals surface area contributed by atoms with Gasteiger partial charge in [-0.1, -0.05) is 48.0 Å². The lowest BCUT2D eigenvalue weighted by Gasteiger charge is -2.19. The fraction of sp³-hybridized carbons (Fsp3) is 0.351. The quantitative estimate of drug-likeness (QED) is 0.114. The third kappa shape index (κ3) is 10.7. The second-order valence-corrected chi connectivity index (χ2v) is 11.8. The van der Waals surface area contributed by atoms with E-state index >= 15 is 0 Å². The molecule has 0 saturated heterocycles. The van der Waals surface area contributed by atoms with Crippen LogP contribution in [0.3, 0.4) is 0 Å². The van der Waals surface area contributed by atoms with Crippen LogP contribution in [0.4, 0.5) is 4.39 Å². The number of aliphatic hydroxyl groups is 2. The number of halogens is 2. The number of phenols is 1. The van der Waals surface area contributed by atoms with E-state index in [1.54, 1.807) is 24.4 Å². The number of aryl methyl sites for hydroxylation is 1. The Labute approximate surface area is 281 Å². The molecule has 0 saturated carbocycles. The van der Waals surface area contributed by atoms with Gasteiger partial charge in [0, 0.05) is 54.8 Å². The second-order valence-electron chi connectivity index (χ2n) is 11.3. The van der Waals surface area contributed by atoms with Gasteiger partial charge in [-0.25, -0.2) is 4.39 Å². The summed E-state index contributed by atoms with van der Waals surface area (Å²) >= 11 is 6.07. The fourth-order valence-corrected chi connectivity index (χ4v) is 5.81. The summed E-state index contributed by atoms with van der Waals surface area (Å²) in [5, 5.41) is 40.6. The van der Waals surface area contributed by atoms with E-state index in [0.717, 1.165) is 61.0 Å². The van der Waals surface area contributed by atoms with Gasteiger partial charge in [-0.2, -0.15) is 5.26 Å². The van der Waals surface area contributed by atoms with Crippen molar-refractivity contribution in [1.29, 1.82) is 5.26 Å². The molecule has 4 N–H and O–H groups in total. The standard InChI is InChI=1S/C22H29ClN4O4.C15H13F/c23-20-10-19(15-25-3-1-2-4-27(5-7-28)6-8-29)22(11-21(20)30)31-16-18-9-17(12-24)13-26-14-18;16-15-10-2-1-7-14(15)13-9-4-6-11-5-3-8-12(11)13/h9-11,13-14,25,28-30H,1-8,15-16H2;1-2,4,6-7,9-10H,3,5,8H2. The van der Waals surface area contributed by atoms with E-state index in [-0.39, 0.29) is 36.4 Å². The Morgan fingerprint density at radius 3 is 2.51 bits per heavy atom. The van der Waals surface area contributed by atoms with Crippen molar-refractivity contribution in [2.24, 2.45) is 0 Å². The first-order valence-corrected chi connectivity index (χ1v) is 16.3.